The Morgan fingerprint density at radius 2 is 1.70 bits per heavy atom. The lowest BCUT2D eigenvalue weighted by atomic mass is 10.1. The molecule has 1 heterocycles. The van der Waals surface area contributed by atoms with Crippen LogP contribution in [0.25, 0.3) is 0 Å². The second-order valence-corrected chi connectivity index (χ2v) is 7.00. The minimum Gasteiger partial charge on any atom is -0.324 e. The number of hydrogen-bond acceptors (Lipinski definition) is 4. The predicted molar refractivity (Wildman–Crippen MR) is 110 cm³/mol. The SMILES string of the molecule is CN(CC(=O)Nc1ccccc1C(=O)Nc1ccccc1)Cc1ccsc1. The van der Waals surface area contributed by atoms with Crippen molar-refractivity contribution in [2.45, 2.75) is 6.54 Å². The van der Waals surface area contributed by atoms with E-state index in [0.717, 1.165) is 0 Å². The van der Waals surface area contributed by atoms with Crippen LogP contribution in [0.15, 0.2) is 71.4 Å². The van der Waals surface area contributed by atoms with Gasteiger partial charge in [-0.15, -0.1) is 0 Å². The van der Waals surface area contributed by atoms with Crippen LogP contribution in [0.1, 0.15) is 15.9 Å². The summed E-state index contributed by atoms with van der Waals surface area (Å²) in [5.74, 6) is -0.420. The predicted octanol–water partition coefficient (Wildman–Crippen LogP) is 4.07. The molecule has 3 aromatic rings. The van der Waals surface area contributed by atoms with E-state index in [-0.39, 0.29) is 18.4 Å². The van der Waals surface area contributed by atoms with Gasteiger partial charge in [0, 0.05) is 12.2 Å². The Kier molecular flexibility index (Phi) is 6.35. The molecule has 6 heteroatoms. The minimum atomic E-state index is -0.260. The molecule has 3 rings (SSSR count). The van der Waals surface area contributed by atoms with E-state index in [4.69, 9.17) is 0 Å². The Balaban J connectivity index is 1.63. The lowest BCUT2D eigenvalue weighted by Crippen LogP contribution is -2.30. The standard InChI is InChI=1S/C21H21N3O2S/c1-24(13-16-11-12-27-15-16)14-20(25)23-19-10-6-5-9-18(19)21(26)22-17-7-3-2-4-8-17/h2-12,15H,13-14H2,1H3,(H,22,26)(H,23,25). The lowest BCUT2D eigenvalue weighted by Gasteiger charge is -2.16. The smallest absolute Gasteiger partial charge is 0.257 e. The molecule has 0 bridgehead atoms. The van der Waals surface area contributed by atoms with Crippen molar-refractivity contribution in [3.8, 4) is 0 Å². The maximum atomic E-state index is 12.6. The number of benzene rings is 2. The summed E-state index contributed by atoms with van der Waals surface area (Å²) in [6, 6.07) is 18.3. The number of amides is 2. The molecular formula is C21H21N3O2S. The number of nitrogens with one attached hydrogen (secondary N) is 2. The summed E-state index contributed by atoms with van der Waals surface area (Å²) in [4.78, 5) is 26.9. The number of carbonyl (C=O) groups excluding carboxylic acids is 2. The van der Waals surface area contributed by atoms with Gasteiger partial charge in [-0.05, 0) is 53.7 Å². The molecule has 0 fully saturated rings. The zero-order valence-electron chi connectivity index (χ0n) is 15.0. The maximum absolute atomic E-state index is 12.6. The van der Waals surface area contributed by atoms with Crippen LogP contribution in [-0.4, -0.2) is 30.3 Å². The molecule has 2 aromatic carbocycles. The average molecular weight is 379 g/mol. The van der Waals surface area contributed by atoms with Gasteiger partial charge >= 0.3 is 0 Å². The van der Waals surface area contributed by atoms with Gasteiger partial charge in [0.1, 0.15) is 0 Å². The number of rotatable bonds is 7. The lowest BCUT2D eigenvalue weighted by molar-refractivity contribution is -0.117. The van der Waals surface area contributed by atoms with Crippen LogP contribution in [0.3, 0.4) is 0 Å². The molecule has 1 aromatic heterocycles. The second kappa shape index (κ2) is 9.12. The molecule has 27 heavy (non-hydrogen) atoms. The number of anilines is 2. The quantitative estimate of drug-likeness (QED) is 0.650. The van der Waals surface area contributed by atoms with Crippen LogP contribution < -0.4 is 10.6 Å². The van der Waals surface area contributed by atoms with Gasteiger partial charge in [0.05, 0.1) is 17.8 Å². The third-order valence-electron chi connectivity index (χ3n) is 3.92. The summed E-state index contributed by atoms with van der Waals surface area (Å²) < 4.78 is 0. The summed E-state index contributed by atoms with van der Waals surface area (Å²) >= 11 is 1.64. The van der Waals surface area contributed by atoms with Crippen LogP contribution >= 0.6 is 11.3 Å². The van der Waals surface area contributed by atoms with Gasteiger partial charge in [0.25, 0.3) is 5.91 Å². The highest BCUT2D eigenvalue weighted by atomic mass is 32.1. The topological polar surface area (TPSA) is 61.4 Å². The van der Waals surface area contributed by atoms with Gasteiger partial charge in [-0.1, -0.05) is 30.3 Å². The van der Waals surface area contributed by atoms with Crippen molar-refractivity contribution in [1.29, 1.82) is 0 Å². The average Bonchev–Trinajstić information content (AvgIpc) is 3.15. The second-order valence-electron chi connectivity index (χ2n) is 6.22. The van der Waals surface area contributed by atoms with Crippen LogP contribution in [0.2, 0.25) is 0 Å². The highest BCUT2D eigenvalue weighted by molar-refractivity contribution is 7.07. The molecule has 5 nitrogen and oxygen atoms in total. The van der Waals surface area contributed by atoms with Crippen LogP contribution in [0.4, 0.5) is 11.4 Å². The Hall–Kier alpha value is -2.96. The molecule has 2 N–H and O–H groups in total. The van der Waals surface area contributed by atoms with Gasteiger partial charge in [-0.25, -0.2) is 0 Å². The molecular weight excluding hydrogens is 358 g/mol. The first-order valence-electron chi connectivity index (χ1n) is 8.57. The van der Waals surface area contributed by atoms with E-state index < -0.39 is 0 Å². The monoisotopic (exact) mass is 379 g/mol. The van der Waals surface area contributed by atoms with Crippen molar-refractivity contribution >= 4 is 34.5 Å². The highest BCUT2D eigenvalue weighted by Crippen LogP contribution is 2.17. The summed E-state index contributed by atoms with van der Waals surface area (Å²) in [6.45, 7) is 0.942. The third-order valence-corrected chi connectivity index (χ3v) is 4.66. The van der Waals surface area contributed by atoms with Gasteiger partial charge in [0.15, 0.2) is 0 Å². The van der Waals surface area contributed by atoms with Crippen molar-refractivity contribution in [2.75, 3.05) is 24.2 Å². The number of nitrogens with zero attached hydrogens (tertiary/aromatic N) is 1. The van der Waals surface area contributed by atoms with Crippen molar-refractivity contribution in [2.24, 2.45) is 0 Å². The molecule has 138 valence electrons. The fourth-order valence-electron chi connectivity index (χ4n) is 2.70. The largest absolute Gasteiger partial charge is 0.324 e. The summed E-state index contributed by atoms with van der Waals surface area (Å²) in [6.07, 6.45) is 0. The van der Waals surface area contributed by atoms with E-state index in [2.05, 4.69) is 16.0 Å². The first kappa shape index (κ1) is 18.8. The highest BCUT2D eigenvalue weighted by Gasteiger charge is 2.14. The molecule has 0 saturated carbocycles. The van der Waals surface area contributed by atoms with Crippen molar-refractivity contribution in [3.63, 3.8) is 0 Å². The van der Waals surface area contributed by atoms with E-state index >= 15 is 0 Å². The summed E-state index contributed by atoms with van der Waals surface area (Å²) in [5.41, 5.74) is 2.81. The molecule has 0 aliphatic carbocycles. The number of hydrogen-bond donors (Lipinski definition) is 2. The fraction of sp³-hybridized carbons (Fsp3) is 0.143. The van der Waals surface area contributed by atoms with E-state index in [1.165, 1.54) is 5.56 Å². The van der Waals surface area contributed by atoms with Crippen LogP contribution in [0, 0.1) is 0 Å². The minimum absolute atomic E-state index is 0.160. The van der Waals surface area contributed by atoms with Gasteiger partial charge in [-0.2, -0.15) is 11.3 Å². The fourth-order valence-corrected chi connectivity index (χ4v) is 3.35. The molecule has 2 amide bonds. The zero-order chi connectivity index (χ0) is 19.1. The van der Waals surface area contributed by atoms with E-state index in [1.54, 1.807) is 35.6 Å². The van der Waals surface area contributed by atoms with Crippen LogP contribution in [-0.2, 0) is 11.3 Å². The molecule has 0 aliphatic rings. The maximum Gasteiger partial charge on any atom is 0.257 e. The Morgan fingerprint density at radius 3 is 2.44 bits per heavy atom. The first-order chi connectivity index (χ1) is 13.1. The van der Waals surface area contributed by atoms with Crippen LogP contribution in [0.5, 0.6) is 0 Å². The van der Waals surface area contributed by atoms with Gasteiger partial charge in [-0.3, -0.25) is 14.5 Å². The zero-order valence-corrected chi connectivity index (χ0v) is 15.8. The Labute approximate surface area is 162 Å². The number of likely N-dealkylation sites (N-methyl/N-ethyl adjacent to an activating group) is 1. The molecule has 0 saturated heterocycles. The molecule has 0 aliphatic heterocycles. The van der Waals surface area contributed by atoms with E-state index in [9.17, 15) is 9.59 Å². The van der Waals surface area contributed by atoms with Crippen molar-refractivity contribution in [3.05, 3.63) is 82.6 Å². The molecule has 0 unspecified atom stereocenters. The Bertz CT molecular complexity index is 895. The normalized spacial score (nSPS) is 10.6. The third kappa shape index (κ3) is 5.51. The number of para-hydroxylation sites is 2. The van der Waals surface area contributed by atoms with Crippen molar-refractivity contribution in [1.82, 2.24) is 4.90 Å². The molecule has 0 spiro atoms. The summed E-state index contributed by atoms with van der Waals surface area (Å²) in [5, 5.41) is 9.78. The number of carbonyl (C=O) groups is 2. The van der Waals surface area contributed by atoms with E-state index in [0.29, 0.717) is 23.5 Å². The first-order valence-corrected chi connectivity index (χ1v) is 9.51. The van der Waals surface area contributed by atoms with Crippen molar-refractivity contribution < 1.29 is 9.59 Å². The molecule has 0 radical (unpaired) electrons. The number of thiophene rings is 1. The molecule has 0 atom stereocenters. The Morgan fingerprint density at radius 1 is 0.963 bits per heavy atom. The van der Waals surface area contributed by atoms with Gasteiger partial charge in [0.2, 0.25) is 5.91 Å². The van der Waals surface area contributed by atoms with Gasteiger partial charge < -0.3 is 10.6 Å². The summed E-state index contributed by atoms with van der Waals surface area (Å²) in [7, 11) is 1.89. The van der Waals surface area contributed by atoms with E-state index in [1.807, 2.05) is 53.7 Å².